The maximum Gasteiger partial charge on any atom is 0.337 e. The Hall–Kier alpha value is -3.78. The highest BCUT2D eigenvalue weighted by molar-refractivity contribution is 6.05. The predicted octanol–water partition coefficient (Wildman–Crippen LogP) is 3.11. The average molecular weight is 382 g/mol. The van der Waals surface area contributed by atoms with Gasteiger partial charge in [-0.1, -0.05) is 0 Å². The third kappa shape index (κ3) is 4.68. The number of carbonyl (C=O) groups excluding carboxylic acids is 2. The van der Waals surface area contributed by atoms with E-state index in [1.807, 2.05) is 0 Å². The lowest BCUT2D eigenvalue weighted by Gasteiger charge is -2.16. The van der Waals surface area contributed by atoms with Crippen molar-refractivity contribution >= 4 is 23.3 Å². The van der Waals surface area contributed by atoms with E-state index in [1.54, 1.807) is 42.7 Å². The second-order valence-corrected chi connectivity index (χ2v) is 5.81. The molecule has 0 saturated heterocycles. The van der Waals surface area contributed by atoms with Gasteiger partial charge >= 0.3 is 5.97 Å². The van der Waals surface area contributed by atoms with Crippen LogP contribution in [0.5, 0.6) is 0 Å². The van der Waals surface area contributed by atoms with Crippen molar-refractivity contribution in [3.63, 3.8) is 0 Å². The molecule has 1 amide bonds. The molecule has 2 heterocycles. The maximum atomic E-state index is 12.4. The summed E-state index contributed by atoms with van der Waals surface area (Å²) in [7, 11) is 1.27. The van der Waals surface area contributed by atoms with Gasteiger partial charge in [0.15, 0.2) is 6.23 Å². The zero-order valence-electron chi connectivity index (χ0n) is 15.0. The number of pyridine rings is 2. The monoisotopic (exact) mass is 382 g/mol. The van der Waals surface area contributed by atoms with Crippen molar-refractivity contribution < 1.29 is 22.3 Å². The van der Waals surface area contributed by atoms with Gasteiger partial charge in [-0.3, -0.25) is 14.8 Å². The van der Waals surface area contributed by atoms with Crippen LogP contribution < -0.4 is 10.6 Å². The second kappa shape index (κ2) is 8.74. The molecule has 28 heavy (non-hydrogen) atoms. The molecule has 8 heteroatoms. The Morgan fingerprint density at radius 3 is 2.21 bits per heavy atom. The number of amides is 1. The molecule has 3 aromatic rings. The first-order valence-corrected chi connectivity index (χ1v) is 8.36. The molecule has 3 N–H and O–H groups in total. The van der Waals surface area contributed by atoms with Gasteiger partial charge in [0, 0.05) is 50.1 Å². The first kappa shape index (κ1) is 19.0. The van der Waals surface area contributed by atoms with Crippen molar-refractivity contribution in [2.45, 2.75) is 6.23 Å². The number of ether oxygens (including phenoxy) is 1. The van der Waals surface area contributed by atoms with Gasteiger partial charge in [-0.25, -0.2) is 4.79 Å². The van der Waals surface area contributed by atoms with Crippen molar-refractivity contribution in [2.75, 3.05) is 17.7 Å². The summed E-state index contributed by atoms with van der Waals surface area (Å²) in [5, 5.41) is 16.0. The van der Waals surface area contributed by atoms with E-state index in [-0.39, 0.29) is 14.3 Å². The number of rotatable bonds is 6. The molecule has 2 aromatic heterocycles. The van der Waals surface area contributed by atoms with Crippen molar-refractivity contribution in [3.05, 3.63) is 83.9 Å². The molecular weight excluding hydrogens is 360 g/mol. The Bertz CT molecular complexity index is 975. The van der Waals surface area contributed by atoms with Crippen molar-refractivity contribution in [1.82, 2.24) is 9.97 Å². The molecule has 1 atom stereocenters. The van der Waals surface area contributed by atoms with E-state index in [0.29, 0.717) is 22.5 Å². The van der Waals surface area contributed by atoms with Gasteiger partial charge in [-0.05, 0) is 42.5 Å². The van der Waals surface area contributed by atoms with Crippen LogP contribution in [0.1, 0.15) is 35.4 Å². The highest BCUT2D eigenvalue weighted by Gasteiger charge is 2.14. The van der Waals surface area contributed by atoms with E-state index in [4.69, 9.17) is 4.74 Å². The minimum absolute atomic E-state index is 0. The number of hydrogen-bond acceptors (Lipinski definition) is 7. The van der Waals surface area contributed by atoms with Gasteiger partial charge in [-0.2, -0.15) is 0 Å². The summed E-state index contributed by atoms with van der Waals surface area (Å²) >= 11 is 0. The molecule has 0 aliphatic carbocycles. The number of anilines is 2. The first-order valence-electron chi connectivity index (χ1n) is 8.36. The molecule has 0 aliphatic rings. The van der Waals surface area contributed by atoms with Gasteiger partial charge in [0.05, 0.1) is 12.7 Å². The molecular formula is C20H22N4O4. The number of nitrogens with one attached hydrogen (secondary N) is 2. The van der Waals surface area contributed by atoms with Crippen molar-refractivity contribution in [1.29, 1.82) is 0 Å². The number of aliphatic hydroxyl groups excluding tert-OH is 1. The summed E-state index contributed by atoms with van der Waals surface area (Å²) in [6.07, 6.45) is 5.12. The Labute approximate surface area is 164 Å². The number of esters is 1. The summed E-state index contributed by atoms with van der Waals surface area (Å²) in [6, 6.07) is 11.1. The fourth-order valence-corrected chi connectivity index (χ4v) is 2.51. The molecule has 1 unspecified atom stereocenters. The van der Waals surface area contributed by atoms with E-state index in [9.17, 15) is 14.7 Å². The van der Waals surface area contributed by atoms with Gasteiger partial charge in [0.2, 0.25) is 0 Å². The highest BCUT2D eigenvalue weighted by Crippen LogP contribution is 2.24. The van der Waals surface area contributed by atoms with Crippen LogP contribution in [0, 0.1) is 0 Å². The predicted molar refractivity (Wildman–Crippen MR) is 107 cm³/mol. The van der Waals surface area contributed by atoms with E-state index < -0.39 is 12.2 Å². The minimum Gasteiger partial charge on any atom is -0.465 e. The molecule has 146 valence electrons. The van der Waals surface area contributed by atoms with Crippen LogP contribution in [0.25, 0.3) is 0 Å². The summed E-state index contributed by atoms with van der Waals surface area (Å²) in [6.45, 7) is 0. The van der Waals surface area contributed by atoms with E-state index in [2.05, 4.69) is 20.6 Å². The minimum atomic E-state index is -1.03. The molecule has 3 rings (SSSR count). The maximum absolute atomic E-state index is 12.4. The fourth-order valence-electron chi connectivity index (χ4n) is 2.51. The third-order valence-electron chi connectivity index (χ3n) is 3.88. The van der Waals surface area contributed by atoms with E-state index >= 15 is 0 Å². The van der Waals surface area contributed by atoms with Crippen LogP contribution in [0.4, 0.5) is 11.4 Å². The normalized spacial score (nSPS) is 11.4. The van der Waals surface area contributed by atoms with Crippen LogP contribution in [0.15, 0.2) is 67.3 Å². The topological polar surface area (TPSA) is 113 Å². The third-order valence-corrected chi connectivity index (χ3v) is 3.88. The number of aliphatic hydroxyl groups is 1. The summed E-state index contributed by atoms with van der Waals surface area (Å²) in [5.74, 6) is -0.925. The smallest absolute Gasteiger partial charge is 0.337 e. The number of benzene rings is 1. The first-order chi connectivity index (χ1) is 13.6. The van der Waals surface area contributed by atoms with Gasteiger partial charge < -0.3 is 20.5 Å². The van der Waals surface area contributed by atoms with Crippen LogP contribution in [-0.4, -0.2) is 34.1 Å². The molecule has 8 nitrogen and oxygen atoms in total. The number of hydrogen-bond donors (Lipinski definition) is 3. The average Bonchev–Trinajstić information content (AvgIpc) is 2.74. The second-order valence-electron chi connectivity index (χ2n) is 5.81. The molecule has 0 bridgehead atoms. The number of aromatic nitrogens is 2. The Morgan fingerprint density at radius 1 is 0.964 bits per heavy atom. The lowest BCUT2D eigenvalue weighted by molar-refractivity contribution is 0.0600. The van der Waals surface area contributed by atoms with Crippen LogP contribution >= 0.6 is 0 Å². The standard InChI is InChI=1S/C20H18N4O4.2H2/c1-28-20(27)15-10-16(23-18(25)13-2-6-21-7-3-13)12-17(11-15)24-19(26)14-4-8-22-9-5-14;;/h2-12,18,23,25H,1H3,(H,24,26);2*1H. The summed E-state index contributed by atoms with van der Waals surface area (Å²) < 4.78 is 4.77. The lowest BCUT2D eigenvalue weighted by Crippen LogP contribution is -2.14. The molecule has 0 aliphatic heterocycles. The van der Waals surface area contributed by atoms with Gasteiger partial charge in [0.1, 0.15) is 0 Å². The molecule has 0 spiro atoms. The van der Waals surface area contributed by atoms with Crippen molar-refractivity contribution in [2.24, 2.45) is 0 Å². The van der Waals surface area contributed by atoms with E-state index in [1.165, 1.54) is 31.6 Å². The van der Waals surface area contributed by atoms with E-state index in [0.717, 1.165) is 0 Å². The Balaban J connectivity index is 0.00000225. The summed E-state index contributed by atoms with van der Waals surface area (Å²) in [4.78, 5) is 32.2. The fraction of sp³-hybridized carbons (Fsp3) is 0.100. The molecule has 0 fully saturated rings. The SMILES string of the molecule is COC(=O)c1cc(NC(=O)c2ccncc2)cc(NC(O)c2ccncc2)c1.[HH].[HH]. The van der Waals surface area contributed by atoms with Gasteiger partial charge in [0.25, 0.3) is 5.91 Å². The van der Waals surface area contributed by atoms with Gasteiger partial charge in [-0.15, -0.1) is 0 Å². The molecule has 1 aromatic carbocycles. The number of carbonyl (C=O) groups is 2. The Morgan fingerprint density at radius 2 is 1.57 bits per heavy atom. The summed E-state index contributed by atoms with van der Waals surface area (Å²) in [5.41, 5.74) is 2.04. The molecule has 0 saturated carbocycles. The zero-order chi connectivity index (χ0) is 19.9. The highest BCUT2D eigenvalue weighted by atomic mass is 16.5. The zero-order valence-corrected chi connectivity index (χ0v) is 15.0. The number of nitrogens with zero attached hydrogens (tertiary/aromatic N) is 2. The number of methoxy groups -OCH3 is 1. The lowest BCUT2D eigenvalue weighted by atomic mass is 10.1. The van der Waals surface area contributed by atoms with Crippen LogP contribution in [0.3, 0.4) is 0 Å². The quantitative estimate of drug-likeness (QED) is 0.443. The Kier molecular flexibility index (Phi) is 5.93. The van der Waals surface area contributed by atoms with Crippen LogP contribution in [-0.2, 0) is 4.74 Å². The molecule has 0 radical (unpaired) electrons. The largest absolute Gasteiger partial charge is 0.465 e. The van der Waals surface area contributed by atoms with Crippen molar-refractivity contribution in [3.8, 4) is 0 Å². The van der Waals surface area contributed by atoms with Crippen LogP contribution in [0.2, 0.25) is 0 Å².